The van der Waals surface area contributed by atoms with Crippen LogP contribution in [0.2, 0.25) is 0 Å². The van der Waals surface area contributed by atoms with Gasteiger partial charge in [-0.3, -0.25) is 4.79 Å². The fraction of sp³-hybridized carbons (Fsp3) is 0.267. The molecule has 0 saturated heterocycles. The first-order chi connectivity index (χ1) is 9.22. The number of rotatable bonds is 5. The van der Waals surface area contributed by atoms with Crippen molar-refractivity contribution >= 4 is 17.2 Å². The molecule has 1 amide bonds. The van der Waals surface area contributed by atoms with Crippen LogP contribution in [0, 0.1) is 0 Å². The molecule has 2 atom stereocenters. The van der Waals surface area contributed by atoms with Gasteiger partial charge in [-0.05, 0) is 23.9 Å². The van der Waals surface area contributed by atoms with Gasteiger partial charge in [-0.1, -0.05) is 36.4 Å². The first kappa shape index (κ1) is 13.8. The minimum Gasteiger partial charge on any atom is -0.348 e. The van der Waals surface area contributed by atoms with E-state index in [9.17, 15) is 4.79 Å². The second kappa shape index (κ2) is 6.50. The Labute approximate surface area is 117 Å². The van der Waals surface area contributed by atoms with E-state index in [4.69, 9.17) is 5.73 Å². The first-order valence-corrected chi connectivity index (χ1v) is 7.19. The van der Waals surface area contributed by atoms with Crippen LogP contribution in [0.3, 0.4) is 0 Å². The predicted molar refractivity (Wildman–Crippen MR) is 79.1 cm³/mol. The van der Waals surface area contributed by atoms with Crippen LogP contribution in [-0.2, 0) is 4.79 Å². The molecule has 0 aliphatic rings. The molecule has 0 saturated carbocycles. The molecule has 19 heavy (non-hydrogen) atoms. The summed E-state index contributed by atoms with van der Waals surface area (Å²) in [6.45, 7) is 2.30. The summed E-state index contributed by atoms with van der Waals surface area (Å²) >= 11 is 1.64. The second-order valence-electron chi connectivity index (χ2n) is 4.44. The van der Waals surface area contributed by atoms with Gasteiger partial charge in [-0.15, -0.1) is 11.3 Å². The van der Waals surface area contributed by atoms with E-state index < -0.39 is 0 Å². The third-order valence-electron chi connectivity index (χ3n) is 3.08. The van der Waals surface area contributed by atoms with Gasteiger partial charge in [0, 0.05) is 11.4 Å². The number of hydrogen-bond acceptors (Lipinski definition) is 3. The highest BCUT2D eigenvalue weighted by atomic mass is 32.1. The molecule has 0 spiro atoms. The monoisotopic (exact) mass is 274 g/mol. The standard InChI is InChI=1S/C15H18N2OS/c1-11(14-8-5-9-19-14)17-15(18)13(10-16)12-6-3-2-4-7-12/h2-9,11,13H,10,16H2,1H3,(H,17,18)/t11-,13?/m0/s1. The normalized spacial score (nSPS) is 13.8. The SMILES string of the molecule is C[C@H](NC(=O)C(CN)c1ccccc1)c1cccs1. The van der Waals surface area contributed by atoms with Crippen LogP contribution in [0.1, 0.15) is 29.3 Å². The summed E-state index contributed by atoms with van der Waals surface area (Å²) in [5.74, 6) is -0.307. The Bertz CT molecular complexity index is 510. The van der Waals surface area contributed by atoms with Gasteiger partial charge < -0.3 is 11.1 Å². The lowest BCUT2D eigenvalue weighted by Crippen LogP contribution is -2.34. The summed E-state index contributed by atoms with van der Waals surface area (Å²) in [4.78, 5) is 13.4. The minimum absolute atomic E-state index is 0.0188. The molecule has 1 unspecified atom stereocenters. The second-order valence-corrected chi connectivity index (χ2v) is 5.42. The van der Waals surface area contributed by atoms with Crippen molar-refractivity contribution in [2.45, 2.75) is 18.9 Å². The summed E-state index contributed by atoms with van der Waals surface area (Å²) in [5, 5.41) is 5.03. The lowest BCUT2D eigenvalue weighted by atomic mass is 9.98. The highest BCUT2D eigenvalue weighted by Crippen LogP contribution is 2.20. The Morgan fingerprint density at radius 3 is 2.58 bits per heavy atom. The molecule has 100 valence electrons. The van der Waals surface area contributed by atoms with Gasteiger partial charge >= 0.3 is 0 Å². The van der Waals surface area contributed by atoms with Crippen molar-refractivity contribution < 1.29 is 4.79 Å². The van der Waals surface area contributed by atoms with Crippen molar-refractivity contribution in [1.82, 2.24) is 5.32 Å². The first-order valence-electron chi connectivity index (χ1n) is 6.31. The topological polar surface area (TPSA) is 55.1 Å². The highest BCUT2D eigenvalue weighted by molar-refractivity contribution is 7.10. The summed E-state index contributed by atoms with van der Waals surface area (Å²) in [5.41, 5.74) is 6.70. The molecule has 0 bridgehead atoms. The number of nitrogens with two attached hydrogens (primary N) is 1. The molecule has 0 aliphatic heterocycles. The van der Waals surface area contributed by atoms with Crippen molar-refractivity contribution in [2.75, 3.05) is 6.54 Å². The predicted octanol–water partition coefficient (Wildman–Crippen LogP) is 2.67. The molecular weight excluding hydrogens is 256 g/mol. The van der Waals surface area contributed by atoms with Crippen LogP contribution >= 0.6 is 11.3 Å². The number of carbonyl (C=O) groups is 1. The molecule has 0 radical (unpaired) electrons. The molecule has 1 aromatic heterocycles. The number of amides is 1. The third kappa shape index (κ3) is 3.43. The summed E-state index contributed by atoms with van der Waals surface area (Å²) in [6.07, 6.45) is 0. The fourth-order valence-corrected chi connectivity index (χ4v) is 2.74. The van der Waals surface area contributed by atoms with Crippen LogP contribution in [0.25, 0.3) is 0 Å². The van der Waals surface area contributed by atoms with E-state index in [1.54, 1.807) is 11.3 Å². The van der Waals surface area contributed by atoms with Crippen molar-refractivity contribution in [3.8, 4) is 0 Å². The van der Waals surface area contributed by atoms with Crippen molar-refractivity contribution in [3.05, 3.63) is 58.3 Å². The van der Waals surface area contributed by atoms with E-state index in [1.165, 1.54) is 0 Å². The van der Waals surface area contributed by atoms with E-state index in [0.29, 0.717) is 6.54 Å². The molecule has 4 heteroatoms. The van der Waals surface area contributed by atoms with Crippen LogP contribution in [-0.4, -0.2) is 12.5 Å². The van der Waals surface area contributed by atoms with Crippen molar-refractivity contribution in [2.24, 2.45) is 5.73 Å². The van der Waals surface area contributed by atoms with Crippen LogP contribution in [0.5, 0.6) is 0 Å². The van der Waals surface area contributed by atoms with Gasteiger partial charge in [0.15, 0.2) is 0 Å². The Morgan fingerprint density at radius 2 is 2.00 bits per heavy atom. The maximum absolute atomic E-state index is 12.3. The molecular formula is C15H18N2OS. The number of nitrogens with one attached hydrogen (secondary N) is 1. The minimum atomic E-state index is -0.288. The van der Waals surface area contributed by atoms with Gasteiger partial charge in [-0.2, -0.15) is 0 Å². The summed E-state index contributed by atoms with van der Waals surface area (Å²) < 4.78 is 0. The average Bonchev–Trinajstić information content (AvgIpc) is 2.94. The van der Waals surface area contributed by atoms with Gasteiger partial charge in [0.1, 0.15) is 0 Å². The van der Waals surface area contributed by atoms with E-state index >= 15 is 0 Å². The van der Waals surface area contributed by atoms with Gasteiger partial charge in [0.25, 0.3) is 0 Å². The molecule has 2 rings (SSSR count). The van der Waals surface area contributed by atoms with E-state index in [0.717, 1.165) is 10.4 Å². The summed E-state index contributed by atoms with van der Waals surface area (Å²) in [7, 11) is 0. The van der Waals surface area contributed by atoms with E-state index in [1.807, 2.05) is 54.8 Å². The zero-order chi connectivity index (χ0) is 13.7. The molecule has 2 aromatic rings. The van der Waals surface area contributed by atoms with Gasteiger partial charge in [0.05, 0.1) is 12.0 Å². The Balaban J connectivity index is 2.06. The number of benzene rings is 1. The molecule has 0 fully saturated rings. The molecule has 3 nitrogen and oxygen atoms in total. The quantitative estimate of drug-likeness (QED) is 0.880. The number of carbonyl (C=O) groups excluding carboxylic acids is 1. The Morgan fingerprint density at radius 1 is 1.26 bits per heavy atom. The average molecular weight is 274 g/mol. The molecule has 3 N–H and O–H groups in total. The fourth-order valence-electron chi connectivity index (χ4n) is 2.00. The van der Waals surface area contributed by atoms with Crippen LogP contribution in [0.4, 0.5) is 0 Å². The van der Waals surface area contributed by atoms with Crippen LogP contribution < -0.4 is 11.1 Å². The molecule has 1 heterocycles. The van der Waals surface area contributed by atoms with Gasteiger partial charge in [-0.25, -0.2) is 0 Å². The lowest BCUT2D eigenvalue weighted by Gasteiger charge is -2.18. The Hall–Kier alpha value is -1.65. The summed E-state index contributed by atoms with van der Waals surface area (Å²) in [6, 6.07) is 13.7. The number of hydrogen-bond donors (Lipinski definition) is 2. The third-order valence-corrected chi connectivity index (χ3v) is 4.14. The largest absolute Gasteiger partial charge is 0.348 e. The molecule has 1 aromatic carbocycles. The van der Waals surface area contributed by atoms with E-state index in [-0.39, 0.29) is 17.9 Å². The highest BCUT2D eigenvalue weighted by Gasteiger charge is 2.20. The Kier molecular flexibility index (Phi) is 4.71. The maximum Gasteiger partial charge on any atom is 0.229 e. The number of thiophene rings is 1. The van der Waals surface area contributed by atoms with Crippen LogP contribution in [0.15, 0.2) is 47.8 Å². The van der Waals surface area contributed by atoms with Gasteiger partial charge in [0.2, 0.25) is 5.91 Å². The lowest BCUT2D eigenvalue weighted by molar-refractivity contribution is -0.123. The van der Waals surface area contributed by atoms with Crippen molar-refractivity contribution in [1.29, 1.82) is 0 Å². The zero-order valence-corrected chi connectivity index (χ0v) is 11.7. The molecule has 0 aliphatic carbocycles. The van der Waals surface area contributed by atoms with E-state index in [2.05, 4.69) is 5.32 Å². The smallest absolute Gasteiger partial charge is 0.229 e. The maximum atomic E-state index is 12.3. The van der Waals surface area contributed by atoms with Crippen molar-refractivity contribution in [3.63, 3.8) is 0 Å². The zero-order valence-electron chi connectivity index (χ0n) is 10.9.